The summed E-state index contributed by atoms with van der Waals surface area (Å²) < 4.78 is 7.86. The summed E-state index contributed by atoms with van der Waals surface area (Å²) in [6.07, 6.45) is 1.81. The fraction of sp³-hybridized carbons (Fsp3) is 0.147. The Balaban J connectivity index is 1.30. The molecule has 3 heterocycles. The molecule has 2 aromatic heterocycles. The van der Waals surface area contributed by atoms with E-state index in [9.17, 15) is 4.79 Å². The van der Waals surface area contributed by atoms with Gasteiger partial charge in [0.15, 0.2) is 11.7 Å². The molecule has 2 atom stereocenters. The van der Waals surface area contributed by atoms with Crippen LogP contribution in [-0.2, 0) is 4.79 Å². The van der Waals surface area contributed by atoms with Crippen molar-refractivity contribution < 1.29 is 9.53 Å². The highest BCUT2D eigenvalue weighted by Crippen LogP contribution is 2.43. The van der Waals surface area contributed by atoms with Gasteiger partial charge in [-0.25, -0.2) is 0 Å². The van der Waals surface area contributed by atoms with Crippen molar-refractivity contribution in [3.8, 4) is 11.4 Å². The molecular weight excluding hydrogens is 542 g/mol. The van der Waals surface area contributed by atoms with E-state index >= 15 is 0 Å². The number of aryl methyl sites for hydroxylation is 1. The van der Waals surface area contributed by atoms with Crippen molar-refractivity contribution >= 4 is 34.6 Å². The van der Waals surface area contributed by atoms with Crippen molar-refractivity contribution in [2.24, 2.45) is 0 Å². The van der Waals surface area contributed by atoms with Crippen LogP contribution in [0.5, 0.6) is 5.75 Å². The monoisotopic (exact) mass is 573 g/mol. The van der Waals surface area contributed by atoms with E-state index in [4.69, 9.17) is 17.0 Å². The number of hydrogen-bond donors (Lipinski definition) is 2. The number of carbonyl (C=O) groups is 1. The Labute approximate surface area is 250 Å². The maximum atomic E-state index is 12.5. The van der Waals surface area contributed by atoms with Gasteiger partial charge in [-0.1, -0.05) is 42.5 Å². The third kappa shape index (κ3) is 5.49. The van der Waals surface area contributed by atoms with Crippen molar-refractivity contribution in [2.45, 2.75) is 25.9 Å². The number of hydrogen-bond acceptors (Lipinski definition) is 4. The topological polar surface area (TPSA) is 71.4 Å². The predicted octanol–water partition coefficient (Wildman–Crippen LogP) is 6.68. The van der Waals surface area contributed by atoms with Gasteiger partial charge in [0.05, 0.1) is 17.8 Å². The molecule has 210 valence electrons. The molecule has 1 saturated heterocycles. The number of benzene rings is 3. The van der Waals surface area contributed by atoms with Gasteiger partial charge in [0.25, 0.3) is 5.91 Å². The minimum absolute atomic E-state index is 0.0727. The summed E-state index contributed by atoms with van der Waals surface area (Å²) in [5, 5.41) is 7.07. The van der Waals surface area contributed by atoms with Crippen LogP contribution in [-0.4, -0.2) is 27.2 Å². The quantitative estimate of drug-likeness (QED) is 0.202. The molecule has 0 bridgehead atoms. The minimum Gasteiger partial charge on any atom is -0.484 e. The van der Waals surface area contributed by atoms with E-state index in [0.29, 0.717) is 16.5 Å². The number of aromatic nitrogens is 2. The Morgan fingerprint density at radius 3 is 2.29 bits per heavy atom. The zero-order valence-electron chi connectivity index (χ0n) is 23.4. The van der Waals surface area contributed by atoms with Gasteiger partial charge in [-0.2, -0.15) is 0 Å². The Bertz CT molecular complexity index is 1690. The maximum absolute atomic E-state index is 12.5. The lowest BCUT2D eigenvalue weighted by Crippen LogP contribution is -2.29. The predicted molar refractivity (Wildman–Crippen MR) is 170 cm³/mol. The number of pyridine rings is 1. The van der Waals surface area contributed by atoms with E-state index in [1.165, 1.54) is 0 Å². The fourth-order valence-corrected chi connectivity index (χ4v) is 5.92. The highest BCUT2D eigenvalue weighted by atomic mass is 32.1. The first-order valence-corrected chi connectivity index (χ1v) is 14.2. The molecule has 1 aliphatic heterocycles. The molecule has 0 spiro atoms. The Morgan fingerprint density at radius 1 is 0.905 bits per heavy atom. The number of nitrogens with zero attached hydrogens (tertiary/aromatic N) is 3. The minimum atomic E-state index is -0.230. The average Bonchev–Trinajstić information content (AvgIpc) is 3.52. The Hall–Kier alpha value is -4.95. The molecule has 7 nitrogen and oxygen atoms in total. The number of thiocarbonyl (C=S) groups is 1. The lowest BCUT2D eigenvalue weighted by molar-refractivity contribution is -0.118. The highest BCUT2D eigenvalue weighted by Gasteiger charge is 2.42. The van der Waals surface area contributed by atoms with Gasteiger partial charge < -0.3 is 24.8 Å². The average molecular weight is 574 g/mol. The third-order valence-electron chi connectivity index (χ3n) is 7.44. The summed E-state index contributed by atoms with van der Waals surface area (Å²) >= 11 is 5.93. The number of amides is 1. The summed E-state index contributed by atoms with van der Waals surface area (Å²) in [5.74, 6) is 0.421. The van der Waals surface area contributed by atoms with Crippen LogP contribution in [0.4, 0.5) is 11.4 Å². The standard InChI is InChI=1S/C34H31N5O2S/c1-23-21-29(24(2)38(23)26-11-5-3-6-12-26)33-32(30-15-9-10-20-35-30)37-34(42)39(33)27-18-16-25(17-19-27)36-31(40)22-41-28-13-7-4-8-14-28/h3-21,32-33H,22H2,1-2H3,(H,36,40)(H,37,42)/t32-,33-/m0/s1. The third-order valence-corrected chi connectivity index (χ3v) is 7.76. The maximum Gasteiger partial charge on any atom is 0.262 e. The molecule has 1 fully saturated rings. The fourth-order valence-electron chi connectivity index (χ4n) is 5.58. The first kappa shape index (κ1) is 27.2. The SMILES string of the molecule is Cc1cc([C@H]2[C@H](c3ccccn3)NC(=S)N2c2ccc(NC(=O)COc3ccccc3)cc2)c(C)n1-c1ccccc1. The van der Waals surface area contributed by atoms with Crippen LogP contribution in [0.1, 0.15) is 34.7 Å². The summed E-state index contributed by atoms with van der Waals surface area (Å²) in [5.41, 5.74) is 7.07. The lowest BCUT2D eigenvalue weighted by Gasteiger charge is -2.28. The number of para-hydroxylation sites is 2. The number of ether oxygens (including phenoxy) is 1. The Morgan fingerprint density at radius 2 is 1.60 bits per heavy atom. The van der Waals surface area contributed by atoms with E-state index in [1.54, 1.807) is 0 Å². The number of nitrogens with one attached hydrogen (secondary N) is 2. The first-order chi connectivity index (χ1) is 20.5. The molecule has 0 aliphatic carbocycles. The van der Waals surface area contributed by atoms with Crippen LogP contribution in [0.3, 0.4) is 0 Å². The summed E-state index contributed by atoms with van der Waals surface area (Å²) in [6, 6.07) is 35.3. The van der Waals surface area contributed by atoms with Crippen LogP contribution in [0.15, 0.2) is 115 Å². The molecular formula is C34H31N5O2S. The normalized spacial score (nSPS) is 16.2. The van der Waals surface area contributed by atoms with E-state index in [1.807, 2.05) is 85.1 Å². The van der Waals surface area contributed by atoms with Crippen LogP contribution in [0.25, 0.3) is 5.69 Å². The van der Waals surface area contributed by atoms with E-state index in [0.717, 1.165) is 34.0 Å². The van der Waals surface area contributed by atoms with Crippen LogP contribution < -0.4 is 20.3 Å². The van der Waals surface area contributed by atoms with Gasteiger partial charge in [-0.15, -0.1) is 0 Å². The molecule has 0 radical (unpaired) electrons. The first-order valence-electron chi connectivity index (χ1n) is 13.8. The molecule has 6 rings (SSSR count). The van der Waals surface area contributed by atoms with Gasteiger partial charge in [0, 0.05) is 34.6 Å². The Kier molecular flexibility index (Phi) is 7.70. The lowest BCUT2D eigenvalue weighted by atomic mass is 9.96. The van der Waals surface area contributed by atoms with E-state index in [-0.39, 0.29) is 24.6 Å². The summed E-state index contributed by atoms with van der Waals surface area (Å²) in [6.45, 7) is 4.21. The van der Waals surface area contributed by atoms with Gasteiger partial charge >= 0.3 is 0 Å². The van der Waals surface area contributed by atoms with Gasteiger partial charge in [-0.05, 0) is 98.4 Å². The van der Waals surface area contributed by atoms with Gasteiger partial charge in [-0.3, -0.25) is 9.78 Å². The second kappa shape index (κ2) is 11.9. The molecule has 1 amide bonds. The smallest absolute Gasteiger partial charge is 0.262 e. The van der Waals surface area contributed by atoms with E-state index < -0.39 is 0 Å². The highest BCUT2D eigenvalue weighted by molar-refractivity contribution is 7.80. The van der Waals surface area contributed by atoms with Crippen LogP contribution >= 0.6 is 12.2 Å². The second-order valence-electron chi connectivity index (χ2n) is 10.2. The number of anilines is 2. The van der Waals surface area contributed by atoms with Gasteiger partial charge in [0.1, 0.15) is 5.75 Å². The molecule has 2 N–H and O–H groups in total. The second-order valence-corrected chi connectivity index (χ2v) is 10.6. The number of rotatable bonds is 8. The van der Waals surface area contributed by atoms with Crippen molar-refractivity contribution in [1.82, 2.24) is 14.9 Å². The molecule has 42 heavy (non-hydrogen) atoms. The largest absolute Gasteiger partial charge is 0.484 e. The summed E-state index contributed by atoms with van der Waals surface area (Å²) in [4.78, 5) is 19.4. The molecule has 8 heteroatoms. The van der Waals surface area contributed by atoms with Crippen LogP contribution in [0.2, 0.25) is 0 Å². The van der Waals surface area contributed by atoms with Crippen molar-refractivity contribution in [1.29, 1.82) is 0 Å². The molecule has 3 aromatic carbocycles. The summed E-state index contributed by atoms with van der Waals surface area (Å²) in [7, 11) is 0. The molecule has 0 unspecified atom stereocenters. The zero-order valence-corrected chi connectivity index (χ0v) is 24.2. The van der Waals surface area contributed by atoms with Crippen LogP contribution in [0, 0.1) is 13.8 Å². The number of carbonyl (C=O) groups excluding carboxylic acids is 1. The van der Waals surface area contributed by atoms with Crippen molar-refractivity contribution in [3.05, 3.63) is 138 Å². The van der Waals surface area contributed by atoms with Crippen molar-refractivity contribution in [2.75, 3.05) is 16.8 Å². The van der Waals surface area contributed by atoms with E-state index in [2.05, 4.69) is 69.3 Å². The molecule has 5 aromatic rings. The molecule has 0 saturated carbocycles. The molecule has 1 aliphatic rings. The van der Waals surface area contributed by atoms with Crippen molar-refractivity contribution in [3.63, 3.8) is 0 Å². The zero-order chi connectivity index (χ0) is 29.1. The van der Waals surface area contributed by atoms with Gasteiger partial charge in [0.2, 0.25) is 0 Å².